The molecule has 1 aromatic heterocycles. The Labute approximate surface area is 206 Å². The van der Waals surface area contributed by atoms with Gasteiger partial charge in [-0.05, 0) is 58.2 Å². The Hall–Kier alpha value is -2.36. The van der Waals surface area contributed by atoms with Gasteiger partial charge in [-0.1, -0.05) is 23.7 Å². The highest BCUT2D eigenvalue weighted by Crippen LogP contribution is 2.32. The van der Waals surface area contributed by atoms with Crippen LogP contribution in [0.1, 0.15) is 54.0 Å². The molecule has 0 bridgehead atoms. The number of hydrogen-bond donors (Lipinski definition) is 1. The highest BCUT2D eigenvalue weighted by Gasteiger charge is 2.39. The van der Waals surface area contributed by atoms with E-state index in [-0.39, 0.29) is 29.5 Å². The number of aromatic nitrogens is 1. The fraction of sp³-hybridized carbons (Fsp3) is 0.500. The molecule has 8 nitrogen and oxygen atoms in total. The highest BCUT2D eigenvalue weighted by atomic mass is 35.5. The molecule has 1 fully saturated rings. The molecule has 0 saturated carbocycles. The van der Waals surface area contributed by atoms with Crippen molar-refractivity contribution in [1.29, 1.82) is 0 Å². The van der Waals surface area contributed by atoms with Crippen LogP contribution in [-0.2, 0) is 32.6 Å². The summed E-state index contributed by atoms with van der Waals surface area (Å²) < 4.78 is 35.8. The molecule has 34 heavy (non-hydrogen) atoms. The lowest BCUT2D eigenvalue weighted by atomic mass is 9.99. The maximum absolute atomic E-state index is 13.8. The number of nitrogens with one attached hydrogen (secondary N) is 1. The van der Waals surface area contributed by atoms with Crippen molar-refractivity contribution in [2.24, 2.45) is 5.92 Å². The first-order valence-electron chi connectivity index (χ1n) is 11.5. The number of benzene rings is 1. The molecule has 3 rings (SSSR count). The number of piperidine rings is 1. The van der Waals surface area contributed by atoms with Crippen LogP contribution in [-0.4, -0.2) is 48.9 Å². The Morgan fingerprint density at radius 1 is 1.15 bits per heavy atom. The van der Waals surface area contributed by atoms with Gasteiger partial charge in [0.05, 0.1) is 12.5 Å². The predicted octanol–water partition coefficient (Wildman–Crippen LogP) is 3.67. The van der Waals surface area contributed by atoms with Crippen molar-refractivity contribution in [3.05, 3.63) is 51.8 Å². The summed E-state index contributed by atoms with van der Waals surface area (Å²) in [5.74, 6) is -1.32. The standard InChI is InChI=1S/C24H32ClN3O5S/c1-5-28-16(3)21(24(30)33-6-2)22(17(28)4)34(31,32)27-13-7-8-19(15-27)23(29)26-14-18-9-11-20(25)12-10-18/h9-12,19H,5-8,13-15H2,1-4H3,(H,26,29)/t19-/m0/s1. The summed E-state index contributed by atoms with van der Waals surface area (Å²) in [5.41, 5.74) is 2.04. The van der Waals surface area contributed by atoms with Crippen LogP contribution >= 0.6 is 11.6 Å². The Morgan fingerprint density at radius 3 is 2.44 bits per heavy atom. The zero-order valence-electron chi connectivity index (χ0n) is 20.1. The minimum atomic E-state index is -4.02. The molecule has 1 aliphatic heterocycles. The maximum atomic E-state index is 13.8. The van der Waals surface area contributed by atoms with Crippen LogP contribution in [0, 0.1) is 19.8 Å². The van der Waals surface area contributed by atoms with Crippen LogP contribution in [0.2, 0.25) is 5.02 Å². The van der Waals surface area contributed by atoms with Crippen LogP contribution in [0.25, 0.3) is 0 Å². The van der Waals surface area contributed by atoms with Crippen molar-refractivity contribution >= 4 is 33.5 Å². The number of halogens is 1. The van der Waals surface area contributed by atoms with Crippen molar-refractivity contribution < 1.29 is 22.7 Å². The molecule has 0 unspecified atom stereocenters. The summed E-state index contributed by atoms with van der Waals surface area (Å²) in [4.78, 5) is 25.5. The van der Waals surface area contributed by atoms with Crippen molar-refractivity contribution in [2.75, 3.05) is 19.7 Å². The van der Waals surface area contributed by atoms with Crippen LogP contribution < -0.4 is 5.32 Å². The van der Waals surface area contributed by atoms with Gasteiger partial charge in [-0.25, -0.2) is 13.2 Å². The number of hydrogen-bond acceptors (Lipinski definition) is 5. The maximum Gasteiger partial charge on any atom is 0.341 e. The number of carbonyl (C=O) groups excluding carboxylic acids is 2. The first-order chi connectivity index (χ1) is 16.1. The quantitative estimate of drug-likeness (QED) is 0.547. The largest absolute Gasteiger partial charge is 0.462 e. The minimum Gasteiger partial charge on any atom is -0.462 e. The molecule has 1 N–H and O–H groups in total. The lowest BCUT2D eigenvalue weighted by molar-refractivity contribution is -0.126. The Bertz CT molecular complexity index is 1160. The Balaban J connectivity index is 1.83. The normalized spacial score (nSPS) is 16.9. The summed E-state index contributed by atoms with van der Waals surface area (Å²) in [6.07, 6.45) is 1.15. The second-order valence-electron chi connectivity index (χ2n) is 8.39. The second-order valence-corrected chi connectivity index (χ2v) is 10.7. The SMILES string of the molecule is CCOC(=O)c1c(S(=O)(=O)N2CCC[C@H](C(=O)NCc3ccc(Cl)cc3)C2)c(C)n(CC)c1C. The number of rotatable bonds is 8. The van der Waals surface area contributed by atoms with Crippen LogP contribution in [0.5, 0.6) is 0 Å². The molecule has 1 aromatic carbocycles. The summed E-state index contributed by atoms with van der Waals surface area (Å²) in [5, 5.41) is 3.52. The van der Waals surface area contributed by atoms with E-state index in [1.54, 1.807) is 37.5 Å². The number of nitrogens with zero attached hydrogens (tertiary/aromatic N) is 2. The number of ether oxygens (including phenoxy) is 1. The molecule has 2 heterocycles. The average molecular weight is 510 g/mol. The van der Waals surface area contributed by atoms with Gasteiger partial charge < -0.3 is 14.6 Å². The van der Waals surface area contributed by atoms with Crippen LogP contribution in [0.15, 0.2) is 29.2 Å². The number of sulfonamides is 1. The molecule has 0 spiro atoms. The number of carbonyl (C=O) groups is 2. The molecule has 1 aliphatic rings. The topological polar surface area (TPSA) is 97.7 Å². The fourth-order valence-corrected chi connectivity index (χ4v) is 6.63. The Morgan fingerprint density at radius 2 is 1.82 bits per heavy atom. The minimum absolute atomic E-state index is 0.0208. The first kappa shape index (κ1) is 26.2. The lowest BCUT2D eigenvalue weighted by Gasteiger charge is -2.31. The van der Waals surface area contributed by atoms with E-state index in [2.05, 4.69) is 5.32 Å². The zero-order valence-corrected chi connectivity index (χ0v) is 21.6. The monoisotopic (exact) mass is 509 g/mol. The van der Waals surface area contributed by atoms with Crippen molar-refractivity contribution in [1.82, 2.24) is 14.2 Å². The second kappa shape index (κ2) is 10.9. The van der Waals surface area contributed by atoms with Gasteiger partial charge in [0.25, 0.3) is 0 Å². The van der Waals surface area contributed by atoms with Gasteiger partial charge in [0.1, 0.15) is 10.5 Å². The van der Waals surface area contributed by atoms with Crippen molar-refractivity contribution in [3.63, 3.8) is 0 Å². The average Bonchev–Trinajstić information content (AvgIpc) is 3.08. The van der Waals surface area contributed by atoms with E-state index in [4.69, 9.17) is 16.3 Å². The molecule has 2 aromatic rings. The van der Waals surface area contributed by atoms with Crippen molar-refractivity contribution in [3.8, 4) is 0 Å². The summed E-state index contributed by atoms with van der Waals surface area (Å²) in [6.45, 7) is 8.37. The van der Waals surface area contributed by atoms with Gasteiger partial charge in [-0.3, -0.25) is 4.79 Å². The van der Waals surface area contributed by atoms with Crippen molar-refractivity contribution in [2.45, 2.75) is 58.5 Å². The molecule has 1 amide bonds. The third kappa shape index (κ3) is 5.31. The molecule has 10 heteroatoms. The van der Waals surface area contributed by atoms with E-state index in [0.717, 1.165) is 5.56 Å². The first-order valence-corrected chi connectivity index (χ1v) is 13.3. The fourth-order valence-electron chi connectivity index (χ4n) is 4.53. The number of esters is 1. The highest BCUT2D eigenvalue weighted by molar-refractivity contribution is 7.89. The smallest absolute Gasteiger partial charge is 0.341 e. The Kier molecular flexibility index (Phi) is 8.43. The molecule has 1 saturated heterocycles. The summed E-state index contributed by atoms with van der Waals surface area (Å²) in [7, 11) is -4.02. The summed E-state index contributed by atoms with van der Waals surface area (Å²) >= 11 is 5.90. The van der Waals surface area contributed by atoms with Gasteiger partial charge in [0.15, 0.2) is 0 Å². The summed E-state index contributed by atoms with van der Waals surface area (Å²) in [6, 6.07) is 7.18. The van der Waals surface area contributed by atoms with E-state index < -0.39 is 21.9 Å². The molecule has 0 aliphatic carbocycles. The van der Waals surface area contributed by atoms with E-state index in [0.29, 0.717) is 48.9 Å². The zero-order chi connectivity index (χ0) is 25.0. The third-order valence-corrected chi connectivity index (χ3v) is 8.53. The molecular formula is C24H32ClN3O5S. The van der Waals surface area contributed by atoms with Gasteiger partial charge in [-0.2, -0.15) is 4.31 Å². The van der Waals surface area contributed by atoms with E-state index in [1.165, 1.54) is 4.31 Å². The molecule has 186 valence electrons. The van der Waals surface area contributed by atoms with Gasteiger partial charge in [-0.15, -0.1) is 0 Å². The van der Waals surface area contributed by atoms with Crippen LogP contribution in [0.3, 0.4) is 0 Å². The molecule has 0 radical (unpaired) electrons. The van der Waals surface area contributed by atoms with E-state index >= 15 is 0 Å². The van der Waals surface area contributed by atoms with Gasteiger partial charge in [0.2, 0.25) is 15.9 Å². The van der Waals surface area contributed by atoms with E-state index in [9.17, 15) is 18.0 Å². The van der Waals surface area contributed by atoms with Gasteiger partial charge >= 0.3 is 5.97 Å². The lowest BCUT2D eigenvalue weighted by Crippen LogP contribution is -2.45. The van der Waals surface area contributed by atoms with E-state index in [1.807, 2.05) is 19.1 Å². The third-order valence-electron chi connectivity index (χ3n) is 6.26. The number of amides is 1. The molecular weight excluding hydrogens is 478 g/mol. The van der Waals surface area contributed by atoms with Gasteiger partial charge in [0, 0.05) is 42.6 Å². The predicted molar refractivity (Wildman–Crippen MR) is 130 cm³/mol. The molecule has 1 atom stereocenters. The van der Waals surface area contributed by atoms with Crippen LogP contribution in [0.4, 0.5) is 0 Å².